The largest absolute Gasteiger partial charge is 0.338 e. The summed E-state index contributed by atoms with van der Waals surface area (Å²) in [4.78, 5) is 45.8. The molecule has 0 spiro atoms. The minimum Gasteiger partial charge on any atom is -0.338 e. The minimum absolute atomic E-state index is 0.104. The molecular weight excluding hydrogens is 380 g/mol. The first-order valence-corrected chi connectivity index (χ1v) is 9.67. The van der Waals surface area contributed by atoms with E-state index in [0.29, 0.717) is 35.9 Å². The molecule has 1 aliphatic heterocycles. The predicted molar refractivity (Wildman–Crippen MR) is 108 cm³/mol. The molecule has 7 nitrogen and oxygen atoms in total. The summed E-state index contributed by atoms with van der Waals surface area (Å²) in [6.45, 7) is 4.77. The van der Waals surface area contributed by atoms with Crippen LogP contribution in [-0.4, -0.2) is 39.8 Å². The second kappa shape index (κ2) is 8.56. The van der Waals surface area contributed by atoms with Crippen LogP contribution in [0, 0.1) is 5.92 Å². The normalized spacial score (nSPS) is 16.9. The Morgan fingerprint density at radius 1 is 1.32 bits per heavy atom. The molecular formula is C20H23ClN4O3. The van der Waals surface area contributed by atoms with Crippen LogP contribution in [0.3, 0.4) is 0 Å². The summed E-state index contributed by atoms with van der Waals surface area (Å²) in [6, 6.07) is 6.32. The van der Waals surface area contributed by atoms with Gasteiger partial charge in [0.05, 0.1) is 10.9 Å². The van der Waals surface area contributed by atoms with Crippen LogP contribution >= 0.6 is 11.6 Å². The van der Waals surface area contributed by atoms with Gasteiger partial charge >= 0.3 is 0 Å². The van der Waals surface area contributed by atoms with Gasteiger partial charge in [-0.1, -0.05) is 25.4 Å². The van der Waals surface area contributed by atoms with E-state index >= 15 is 0 Å². The van der Waals surface area contributed by atoms with Gasteiger partial charge in [-0.3, -0.25) is 14.4 Å². The number of hydrogen-bond donors (Lipinski definition) is 2. The van der Waals surface area contributed by atoms with Gasteiger partial charge in [-0.25, -0.2) is 4.98 Å². The first kappa shape index (κ1) is 20.1. The van der Waals surface area contributed by atoms with E-state index in [9.17, 15) is 14.4 Å². The fourth-order valence-electron chi connectivity index (χ4n) is 3.24. The second-order valence-corrected chi connectivity index (χ2v) is 7.72. The van der Waals surface area contributed by atoms with E-state index in [1.807, 2.05) is 13.8 Å². The zero-order valence-electron chi connectivity index (χ0n) is 15.9. The molecule has 0 bridgehead atoms. The van der Waals surface area contributed by atoms with E-state index in [-0.39, 0.29) is 29.2 Å². The molecule has 1 aliphatic rings. The van der Waals surface area contributed by atoms with Crippen molar-refractivity contribution in [1.29, 1.82) is 0 Å². The third-order valence-electron chi connectivity index (χ3n) is 4.79. The van der Waals surface area contributed by atoms with E-state index in [1.54, 1.807) is 23.1 Å². The van der Waals surface area contributed by atoms with Crippen LogP contribution in [0.25, 0.3) is 0 Å². The molecule has 0 unspecified atom stereocenters. The van der Waals surface area contributed by atoms with Crippen molar-refractivity contribution in [2.24, 2.45) is 5.92 Å². The zero-order chi connectivity index (χ0) is 20.3. The van der Waals surface area contributed by atoms with E-state index in [2.05, 4.69) is 15.3 Å². The predicted octanol–water partition coefficient (Wildman–Crippen LogP) is 3.04. The van der Waals surface area contributed by atoms with Gasteiger partial charge in [0.1, 0.15) is 5.82 Å². The average Bonchev–Trinajstić information content (AvgIpc) is 2.68. The van der Waals surface area contributed by atoms with Crippen LogP contribution in [0.1, 0.15) is 48.7 Å². The molecule has 0 radical (unpaired) electrons. The van der Waals surface area contributed by atoms with Gasteiger partial charge in [-0.05, 0) is 37.0 Å². The van der Waals surface area contributed by atoms with Crippen LogP contribution in [0.4, 0.5) is 5.82 Å². The molecule has 2 aromatic heterocycles. The van der Waals surface area contributed by atoms with Gasteiger partial charge in [0.25, 0.3) is 5.91 Å². The van der Waals surface area contributed by atoms with Gasteiger partial charge in [0.2, 0.25) is 11.5 Å². The van der Waals surface area contributed by atoms with Crippen molar-refractivity contribution in [2.45, 2.75) is 32.6 Å². The number of halogens is 1. The van der Waals surface area contributed by atoms with Crippen LogP contribution in [0.5, 0.6) is 0 Å². The first-order chi connectivity index (χ1) is 13.3. The highest BCUT2D eigenvalue weighted by atomic mass is 35.5. The van der Waals surface area contributed by atoms with E-state index in [1.165, 1.54) is 12.3 Å². The lowest BCUT2D eigenvalue weighted by Gasteiger charge is -2.32. The Labute approximate surface area is 168 Å². The van der Waals surface area contributed by atoms with Crippen LogP contribution < -0.4 is 10.9 Å². The van der Waals surface area contributed by atoms with Gasteiger partial charge < -0.3 is 15.2 Å². The van der Waals surface area contributed by atoms with Crippen molar-refractivity contribution < 1.29 is 9.59 Å². The van der Waals surface area contributed by atoms with Crippen molar-refractivity contribution in [2.75, 3.05) is 18.4 Å². The molecule has 2 amide bonds. The van der Waals surface area contributed by atoms with E-state index in [4.69, 9.17) is 11.6 Å². The second-order valence-electron chi connectivity index (χ2n) is 7.28. The standard InChI is InChI=1S/C20H23ClN4O3/c1-12(2)16-8-14(9-18(26)23-16)20(28)25-7-3-4-13(11-25)19(27)24-17-6-5-15(21)10-22-17/h5-6,8-10,12-13H,3-4,7,11H2,1-2H3,(H,23,26)(H,22,24,27)/t13-/m0/s1. The maximum absolute atomic E-state index is 12.9. The molecule has 3 heterocycles. The summed E-state index contributed by atoms with van der Waals surface area (Å²) < 4.78 is 0. The number of carbonyl (C=O) groups excluding carboxylic acids is 2. The summed E-state index contributed by atoms with van der Waals surface area (Å²) in [5, 5.41) is 3.26. The molecule has 3 rings (SSSR count). The lowest BCUT2D eigenvalue weighted by atomic mass is 9.96. The van der Waals surface area contributed by atoms with Crippen molar-refractivity contribution in [3.8, 4) is 0 Å². The Balaban J connectivity index is 1.70. The number of aromatic nitrogens is 2. The highest BCUT2D eigenvalue weighted by Crippen LogP contribution is 2.21. The quantitative estimate of drug-likeness (QED) is 0.821. The monoisotopic (exact) mass is 402 g/mol. The van der Waals surface area contributed by atoms with Gasteiger partial charge in [-0.2, -0.15) is 0 Å². The van der Waals surface area contributed by atoms with Crippen molar-refractivity contribution in [3.63, 3.8) is 0 Å². The number of pyridine rings is 2. The smallest absolute Gasteiger partial charge is 0.254 e. The Morgan fingerprint density at radius 2 is 2.11 bits per heavy atom. The van der Waals surface area contributed by atoms with Gasteiger partial charge in [-0.15, -0.1) is 0 Å². The lowest BCUT2D eigenvalue weighted by Crippen LogP contribution is -2.44. The summed E-state index contributed by atoms with van der Waals surface area (Å²) >= 11 is 5.81. The average molecular weight is 403 g/mol. The highest BCUT2D eigenvalue weighted by molar-refractivity contribution is 6.30. The number of aromatic amines is 1. The number of anilines is 1. The number of amides is 2. The van der Waals surface area contributed by atoms with Gasteiger partial charge in [0.15, 0.2) is 0 Å². The Bertz CT molecular complexity index is 924. The maximum Gasteiger partial charge on any atom is 0.254 e. The molecule has 148 valence electrons. The molecule has 0 aromatic carbocycles. The summed E-state index contributed by atoms with van der Waals surface area (Å²) in [7, 11) is 0. The third kappa shape index (κ3) is 4.78. The molecule has 0 saturated carbocycles. The first-order valence-electron chi connectivity index (χ1n) is 9.29. The SMILES string of the molecule is CC(C)c1cc(C(=O)N2CCC[C@H](C(=O)Nc3ccc(Cl)cn3)C2)cc(=O)[nH]1. The fraction of sp³-hybridized carbons (Fsp3) is 0.400. The summed E-state index contributed by atoms with van der Waals surface area (Å²) in [6.07, 6.45) is 2.88. The van der Waals surface area contributed by atoms with E-state index < -0.39 is 0 Å². The van der Waals surface area contributed by atoms with E-state index in [0.717, 1.165) is 12.1 Å². The van der Waals surface area contributed by atoms with Crippen LogP contribution in [0.2, 0.25) is 5.02 Å². The molecule has 1 atom stereocenters. The topological polar surface area (TPSA) is 95.2 Å². The number of likely N-dealkylation sites (tertiary alicyclic amines) is 1. The Morgan fingerprint density at radius 3 is 2.79 bits per heavy atom. The molecule has 2 N–H and O–H groups in total. The molecule has 1 saturated heterocycles. The number of piperidine rings is 1. The number of H-pyrrole nitrogens is 1. The summed E-state index contributed by atoms with van der Waals surface area (Å²) in [5.41, 5.74) is 0.776. The van der Waals surface area contributed by atoms with Crippen molar-refractivity contribution in [1.82, 2.24) is 14.9 Å². The van der Waals surface area contributed by atoms with Crippen LogP contribution in [0.15, 0.2) is 35.3 Å². The highest BCUT2D eigenvalue weighted by Gasteiger charge is 2.29. The van der Waals surface area contributed by atoms with Crippen molar-refractivity contribution in [3.05, 3.63) is 57.1 Å². The lowest BCUT2D eigenvalue weighted by molar-refractivity contribution is -0.121. The van der Waals surface area contributed by atoms with Crippen LogP contribution in [-0.2, 0) is 4.79 Å². The van der Waals surface area contributed by atoms with Gasteiger partial charge in [0, 0.05) is 36.6 Å². The fourth-order valence-corrected chi connectivity index (χ4v) is 3.35. The maximum atomic E-state index is 12.9. The number of carbonyl (C=O) groups is 2. The number of rotatable bonds is 4. The Kier molecular flexibility index (Phi) is 6.14. The minimum atomic E-state index is -0.332. The third-order valence-corrected chi connectivity index (χ3v) is 5.02. The molecule has 0 aliphatic carbocycles. The number of hydrogen-bond acceptors (Lipinski definition) is 4. The summed E-state index contributed by atoms with van der Waals surface area (Å²) in [5.74, 6) is -0.209. The number of nitrogens with zero attached hydrogens (tertiary/aromatic N) is 2. The molecule has 1 fully saturated rings. The molecule has 8 heteroatoms. The Hall–Kier alpha value is -2.67. The zero-order valence-corrected chi connectivity index (χ0v) is 16.6. The van der Waals surface area contributed by atoms with Crippen molar-refractivity contribution >= 4 is 29.2 Å². The molecule has 2 aromatic rings. The number of nitrogens with one attached hydrogen (secondary N) is 2. The molecule has 28 heavy (non-hydrogen) atoms.